The second kappa shape index (κ2) is 3.94. The van der Waals surface area contributed by atoms with Gasteiger partial charge in [-0.2, -0.15) is 0 Å². The summed E-state index contributed by atoms with van der Waals surface area (Å²) in [7, 11) is 0. The Kier molecular flexibility index (Phi) is 2.46. The lowest BCUT2D eigenvalue weighted by molar-refractivity contribution is -0.598. The van der Waals surface area contributed by atoms with Crippen molar-refractivity contribution in [3.8, 4) is 0 Å². The smallest absolute Gasteiger partial charge is 0.262 e. The van der Waals surface area contributed by atoms with Crippen LogP contribution in [0.5, 0.6) is 0 Å². The van der Waals surface area contributed by atoms with Gasteiger partial charge in [-0.25, -0.2) is 4.98 Å². The monoisotopic (exact) mass is 327 g/mol. The fraction of sp³-hybridized carbons (Fsp3) is 0. The third kappa shape index (κ3) is 1.79. The summed E-state index contributed by atoms with van der Waals surface area (Å²) < 4.78 is 5.03. The molecule has 3 aromatic heterocycles. The van der Waals surface area contributed by atoms with Crippen LogP contribution in [0.25, 0.3) is 5.65 Å². The normalized spacial score (nSPS) is 10.9. The van der Waals surface area contributed by atoms with Crippen LogP contribution in [0.2, 0.25) is 0 Å². The molecule has 0 spiro atoms. The van der Waals surface area contributed by atoms with E-state index in [0.717, 1.165) is 5.65 Å². The molecule has 0 amide bonds. The second-order valence-corrected chi connectivity index (χ2v) is 7.51. The molecule has 0 bridgehead atoms. The van der Waals surface area contributed by atoms with Crippen molar-refractivity contribution >= 4 is 17.0 Å². The molecule has 74 valence electrons. The Morgan fingerprint density at radius 3 is 3.07 bits per heavy atom. The van der Waals surface area contributed by atoms with Gasteiger partial charge in [-0.05, 0) is 23.6 Å². The van der Waals surface area contributed by atoms with Gasteiger partial charge in [0, 0.05) is 12.3 Å². The highest BCUT2D eigenvalue weighted by atomic mass is 127. The summed E-state index contributed by atoms with van der Waals surface area (Å²) in [6, 6.07) is 10.4. The van der Waals surface area contributed by atoms with Crippen LogP contribution < -0.4 is 21.2 Å². The molecule has 0 saturated heterocycles. The molecule has 0 fully saturated rings. The first-order valence-electron chi connectivity index (χ1n) is 4.54. The lowest BCUT2D eigenvalue weighted by Gasteiger charge is -1.88. The van der Waals surface area contributed by atoms with Crippen LogP contribution in [-0.2, 0) is 0 Å². The van der Waals surface area contributed by atoms with Gasteiger partial charge < -0.3 is 0 Å². The molecule has 0 aliphatic rings. The van der Waals surface area contributed by atoms with Crippen molar-refractivity contribution in [1.82, 2.24) is 9.38 Å². The van der Waals surface area contributed by atoms with Crippen molar-refractivity contribution in [2.75, 3.05) is 0 Å². The van der Waals surface area contributed by atoms with Gasteiger partial charge >= 0.3 is 21.2 Å². The fourth-order valence-corrected chi connectivity index (χ4v) is 5.10. The van der Waals surface area contributed by atoms with Crippen LogP contribution >= 0.6 is 11.3 Å². The summed E-state index contributed by atoms with van der Waals surface area (Å²) in [5.41, 5.74) is 1.05. The molecule has 4 heteroatoms. The van der Waals surface area contributed by atoms with Crippen LogP contribution in [0.15, 0.2) is 48.1 Å². The Balaban J connectivity index is 2.05. The number of imidazole rings is 1. The predicted octanol–water partition coefficient (Wildman–Crippen LogP) is -0.476. The van der Waals surface area contributed by atoms with E-state index in [4.69, 9.17) is 0 Å². The molecule has 0 aliphatic carbocycles. The van der Waals surface area contributed by atoms with Crippen molar-refractivity contribution in [2.24, 2.45) is 0 Å². The van der Waals surface area contributed by atoms with Crippen molar-refractivity contribution in [3.63, 3.8) is 0 Å². The maximum absolute atomic E-state index is 4.39. The van der Waals surface area contributed by atoms with Gasteiger partial charge in [0.05, 0.1) is 0 Å². The lowest BCUT2D eigenvalue weighted by atomic mass is 10.5. The Labute approximate surface area is 102 Å². The number of hydrogen-bond donors (Lipinski definition) is 0. The third-order valence-corrected chi connectivity index (χ3v) is 6.23. The molecule has 0 atom stereocenters. The Morgan fingerprint density at radius 2 is 2.20 bits per heavy atom. The molecule has 2 nitrogen and oxygen atoms in total. The molecule has 0 aromatic carbocycles. The SMILES string of the molecule is c1csc([I+]c2cnc3ccccn23)c1. The summed E-state index contributed by atoms with van der Waals surface area (Å²) in [5.74, 6) is 0. The molecule has 0 radical (unpaired) electrons. The Bertz CT molecular complexity index is 571. The van der Waals surface area contributed by atoms with E-state index in [-0.39, 0.29) is 21.2 Å². The molecule has 0 saturated carbocycles. The van der Waals surface area contributed by atoms with Gasteiger partial charge in [-0.15, -0.1) is 0 Å². The maximum Gasteiger partial charge on any atom is 0.392 e. The van der Waals surface area contributed by atoms with Crippen LogP contribution in [-0.4, -0.2) is 9.38 Å². The molecule has 0 N–H and O–H groups in total. The number of halogens is 1. The molecular formula is C11H8IN2S+. The summed E-state index contributed by atoms with van der Waals surface area (Å²) in [6.07, 6.45) is 4.09. The highest BCUT2D eigenvalue weighted by Crippen LogP contribution is 1.99. The third-order valence-electron chi connectivity index (χ3n) is 2.05. The number of hydrogen-bond acceptors (Lipinski definition) is 2. The second-order valence-electron chi connectivity index (χ2n) is 3.02. The van der Waals surface area contributed by atoms with E-state index in [1.165, 1.54) is 6.58 Å². The molecule has 0 aliphatic heterocycles. The van der Waals surface area contributed by atoms with Crippen molar-refractivity contribution in [2.45, 2.75) is 0 Å². The zero-order chi connectivity index (χ0) is 10.1. The highest BCUT2D eigenvalue weighted by Gasteiger charge is 2.21. The molecular weight excluding hydrogens is 319 g/mol. The van der Waals surface area contributed by atoms with Gasteiger partial charge in [0.2, 0.25) is 2.88 Å². The van der Waals surface area contributed by atoms with Gasteiger partial charge in [-0.1, -0.05) is 17.4 Å². The minimum absolute atomic E-state index is 0.0793. The van der Waals surface area contributed by atoms with Crippen molar-refractivity contribution in [1.29, 1.82) is 0 Å². The zero-order valence-corrected chi connectivity index (χ0v) is 10.8. The van der Waals surface area contributed by atoms with E-state index in [2.05, 4.69) is 39.2 Å². The van der Waals surface area contributed by atoms with E-state index in [0.29, 0.717) is 0 Å². The van der Waals surface area contributed by atoms with E-state index < -0.39 is 0 Å². The minimum Gasteiger partial charge on any atom is -0.262 e. The molecule has 3 rings (SSSR count). The number of nitrogens with zero attached hydrogens (tertiary/aromatic N) is 2. The number of aromatic nitrogens is 2. The first-order chi connectivity index (χ1) is 7.43. The average Bonchev–Trinajstić information content (AvgIpc) is 2.89. The van der Waals surface area contributed by atoms with Crippen LogP contribution in [0.3, 0.4) is 0 Å². The first kappa shape index (κ1) is 9.35. The number of rotatable bonds is 2. The van der Waals surface area contributed by atoms with Crippen molar-refractivity contribution in [3.05, 3.63) is 54.7 Å². The maximum atomic E-state index is 4.39. The first-order valence-corrected chi connectivity index (χ1v) is 7.57. The number of pyridine rings is 1. The minimum atomic E-state index is -0.0793. The highest BCUT2D eigenvalue weighted by molar-refractivity contribution is 7.07. The molecule has 15 heavy (non-hydrogen) atoms. The summed E-state index contributed by atoms with van der Waals surface area (Å²) in [4.78, 5) is 4.39. The Hall–Kier alpha value is -0.880. The van der Waals surface area contributed by atoms with Gasteiger partial charge in [0.15, 0.2) is 0 Å². The standard InChI is InChI=1S/C11H8IN2S/c1-2-6-14-9(8-13-11(14)5-1)12-10-4-3-7-15-10/h1-8H/q+1. The zero-order valence-electron chi connectivity index (χ0n) is 7.80. The lowest BCUT2D eigenvalue weighted by Crippen LogP contribution is -3.61. The van der Waals surface area contributed by atoms with Crippen LogP contribution in [0.1, 0.15) is 0 Å². The number of fused-ring (bicyclic) bond motifs is 1. The molecule has 0 unspecified atom stereocenters. The van der Waals surface area contributed by atoms with Gasteiger partial charge in [0.25, 0.3) is 3.70 Å². The van der Waals surface area contributed by atoms with Crippen LogP contribution in [0, 0.1) is 6.58 Å². The molecule has 3 heterocycles. The largest absolute Gasteiger partial charge is 0.392 e. The van der Waals surface area contributed by atoms with E-state index in [1.807, 2.05) is 29.7 Å². The van der Waals surface area contributed by atoms with Crippen LogP contribution in [0.4, 0.5) is 0 Å². The van der Waals surface area contributed by atoms with Gasteiger partial charge in [-0.3, -0.25) is 4.40 Å². The number of thiophene rings is 1. The summed E-state index contributed by atoms with van der Waals surface area (Å²) in [5, 5.41) is 2.14. The van der Waals surface area contributed by atoms with E-state index in [1.54, 1.807) is 0 Å². The summed E-state index contributed by atoms with van der Waals surface area (Å²) in [6.45, 7) is 0. The van der Waals surface area contributed by atoms with Crippen molar-refractivity contribution < 1.29 is 21.2 Å². The average molecular weight is 327 g/mol. The topological polar surface area (TPSA) is 17.3 Å². The molecule has 3 aromatic rings. The quantitative estimate of drug-likeness (QED) is 0.582. The van der Waals surface area contributed by atoms with Gasteiger partial charge in [0.1, 0.15) is 11.8 Å². The van der Waals surface area contributed by atoms with E-state index >= 15 is 0 Å². The fourth-order valence-electron chi connectivity index (χ4n) is 1.38. The Morgan fingerprint density at radius 1 is 1.20 bits per heavy atom. The predicted molar refractivity (Wildman–Crippen MR) is 56.9 cm³/mol. The van der Waals surface area contributed by atoms with E-state index in [9.17, 15) is 0 Å². The summed E-state index contributed by atoms with van der Waals surface area (Å²) >= 11 is 1.76.